The van der Waals surface area contributed by atoms with Gasteiger partial charge in [0.05, 0.1) is 5.41 Å². The molecule has 0 spiro atoms. The van der Waals surface area contributed by atoms with Gasteiger partial charge in [0.25, 0.3) is 0 Å². The zero-order valence-corrected chi connectivity index (χ0v) is 14.7. The Kier molecular flexibility index (Phi) is 3.66. The number of fused-ring (bicyclic) bond motifs is 1. The van der Waals surface area contributed by atoms with Crippen LogP contribution in [0.25, 0.3) is 0 Å². The van der Waals surface area contributed by atoms with Crippen LogP contribution >= 0.6 is 22.7 Å². The van der Waals surface area contributed by atoms with Crippen molar-refractivity contribution < 1.29 is 9.90 Å². The van der Waals surface area contributed by atoms with Gasteiger partial charge in [-0.3, -0.25) is 4.79 Å². The highest BCUT2D eigenvalue weighted by Crippen LogP contribution is 2.52. The molecule has 122 valence electrons. The molecule has 2 aromatic heterocycles. The molecule has 2 heterocycles. The van der Waals surface area contributed by atoms with Crippen molar-refractivity contribution in [3.05, 3.63) is 63.3 Å². The number of carbonyl (C=O) groups is 1. The van der Waals surface area contributed by atoms with Gasteiger partial charge in [-0.15, -0.1) is 11.3 Å². The summed E-state index contributed by atoms with van der Waals surface area (Å²) < 4.78 is 0. The van der Waals surface area contributed by atoms with E-state index in [-0.39, 0.29) is 17.6 Å². The van der Waals surface area contributed by atoms with E-state index in [2.05, 4.69) is 21.7 Å². The second-order valence-electron chi connectivity index (χ2n) is 6.26. The first-order chi connectivity index (χ1) is 11.6. The Morgan fingerprint density at radius 3 is 2.96 bits per heavy atom. The maximum Gasteiger partial charge on any atom is 0.233 e. The molecular weight excluding hydrogens is 340 g/mol. The Morgan fingerprint density at radius 2 is 2.25 bits per heavy atom. The minimum Gasteiger partial charge on any atom is -0.508 e. The van der Waals surface area contributed by atoms with Crippen LogP contribution in [0.2, 0.25) is 0 Å². The molecule has 4 nitrogen and oxygen atoms in total. The maximum atomic E-state index is 13.1. The number of rotatable bonds is 3. The number of aromatic nitrogens is 1. The second-order valence-corrected chi connectivity index (χ2v) is 7.93. The highest BCUT2D eigenvalue weighted by atomic mass is 32.1. The molecule has 0 unspecified atom stereocenters. The van der Waals surface area contributed by atoms with Crippen molar-refractivity contribution >= 4 is 33.7 Å². The monoisotopic (exact) mass is 356 g/mol. The van der Waals surface area contributed by atoms with Crippen LogP contribution in [0, 0.1) is 5.41 Å². The fourth-order valence-corrected chi connectivity index (χ4v) is 4.79. The first kappa shape index (κ1) is 15.4. The van der Waals surface area contributed by atoms with Crippen LogP contribution < -0.4 is 5.32 Å². The number of anilines is 1. The molecule has 2 N–H and O–H groups in total. The first-order valence-electron chi connectivity index (χ1n) is 7.63. The van der Waals surface area contributed by atoms with E-state index < -0.39 is 5.41 Å². The average molecular weight is 356 g/mol. The molecule has 0 fully saturated rings. The Balaban J connectivity index is 1.78. The van der Waals surface area contributed by atoms with Crippen molar-refractivity contribution in [1.82, 2.24) is 4.98 Å². The number of amides is 1. The van der Waals surface area contributed by atoms with Crippen LogP contribution in [0.3, 0.4) is 0 Å². The third-order valence-electron chi connectivity index (χ3n) is 4.68. The summed E-state index contributed by atoms with van der Waals surface area (Å²) in [5, 5.41) is 19.4. The van der Waals surface area contributed by atoms with E-state index in [0.717, 1.165) is 16.7 Å². The number of phenols is 1. The van der Waals surface area contributed by atoms with Crippen molar-refractivity contribution in [2.45, 2.75) is 19.3 Å². The summed E-state index contributed by atoms with van der Waals surface area (Å²) in [6.45, 7) is 2.00. The molecule has 6 heteroatoms. The molecule has 0 radical (unpaired) electrons. The van der Waals surface area contributed by atoms with E-state index in [0.29, 0.717) is 11.6 Å². The smallest absolute Gasteiger partial charge is 0.233 e. The fourth-order valence-electron chi connectivity index (χ4n) is 3.58. The van der Waals surface area contributed by atoms with Crippen molar-refractivity contribution in [3.8, 4) is 5.75 Å². The number of aromatic hydroxyl groups is 1. The van der Waals surface area contributed by atoms with Crippen LogP contribution in [-0.2, 0) is 11.2 Å². The number of carbonyl (C=O) groups excluding carboxylic acids is 1. The minimum atomic E-state index is -0.622. The largest absolute Gasteiger partial charge is 0.508 e. The van der Waals surface area contributed by atoms with Crippen LogP contribution in [0.4, 0.5) is 5.13 Å². The molecule has 1 amide bonds. The van der Waals surface area contributed by atoms with Gasteiger partial charge >= 0.3 is 0 Å². The van der Waals surface area contributed by atoms with E-state index in [1.165, 1.54) is 11.3 Å². The Morgan fingerprint density at radius 1 is 1.38 bits per heavy atom. The Hall–Kier alpha value is -2.18. The predicted molar refractivity (Wildman–Crippen MR) is 96.8 cm³/mol. The van der Waals surface area contributed by atoms with E-state index >= 15 is 0 Å². The van der Waals surface area contributed by atoms with Gasteiger partial charge in [0, 0.05) is 17.5 Å². The van der Waals surface area contributed by atoms with E-state index in [9.17, 15) is 9.90 Å². The van der Waals surface area contributed by atoms with Crippen LogP contribution in [0.5, 0.6) is 5.75 Å². The number of nitrogens with zero attached hydrogens (tertiary/aromatic N) is 1. The van der Waals surface area contributed by atoms with Gasteiger partial charge in [0.15, 0.2) is 5.13 Å². The van der Waals surface area contributed by atoms with E-state index in [1.807, 2.05) is 23.8 Å². The number of hydrogen-bond acceptors (Lipinski definition) is 5. The summed E-state index contributed by atoms with van der Waals surface area (Å²) in [5.41, 5.74) is 2.63. The standard InChI is InChI=1S/C18H16N2O2S2/c1-18(16(22)20-17-19-5-7-24-17)9-11-2-3-13(21)8-14(11)15(18)12-4-6-23-10-12/h2-8,10,15,21H,9H2,1H3,(H,19,20,22)/t15-,18+/m1/s1. The predicted octanol–water partition coefficient (Wildman–Crippen LogP) is 4.24. The molecule has 1 aliphatic carbocycles. The summed E-state index contributed by atoms with van der Waals surface area (Å²) in [6.07, 6.45) is 2.32. The number of thiazole rings is 1. The third-order valence-corrected chi connectivity index (χ3v) is 6.07. The molecule has 1 aromatic carbocycles. The molecule has 24 heavy (non-hydrogen) atoms. The van der Waals surface area contributed by atoms with Crippen molar-refractivity contribution in [1.29, 1.82) is 0 Å². The Labute approximate surface area is 147 Å². The number of nitrogens with one attached hydrogen (secondary N) is 1. The summed E-state index contributed by atoms with van der Waals surface area (Å²) in [7, 11) is 0. The SMILES string of the molecule is C[C@]1(C(=O)Nc2nccs2)Cc2ccc(O)cc2[C@H]1c1ccsc1. The number of thiophene rings is 1. The number of hydrogen-bond donors (Lipinski definition) is 2. The third kappa shape index (κ3) is 2.42. The fraction of sp³-hybridized carbons (Fsp3) is 0.222. The van der Waals surface area contributed by atoms with Crippen molar-refractivity contribution in [2.24, 2.45) is 5.41 Å². The summed E-state index contributed by atoms with van der Waals surface area (Å²) >= 11 is 3.03. The summed E-state index contributed by atoms with van der Waals surface area (Å²) in [6, 6.07) is 7.46. The van der Waals surface area contributed by atoms with Gasteiger partial charge in [-0.1, -0.05) is 6.07 Å². The maximum absolute atomic E-state index is 13.1. The topological polar surface area (TPSA) is 62.2 Å². The first-order valence-corrected chi connectivity index (χ1v) is 9.45. The van der Waals surface area contributed by atoms with Crippen LogP contribution in [0.15, 0.2) is 46.6 Å². The molecule has 3 aromatic rings. The van der Waals surface area contributed by atoms with Gasteiger partial charge in [-0.05, 0) is 59.0 Å². The lowest BCUT2D eigenvalue weighted by molar-refractivity contribution is -0.125. The molecule has 0 saturated carbocycles. The average Bonchev–Trinajstić information content (AvgIpc) is 3.26. The quantitative estimate of drug-likeness (QED) is 0.738. The van der Waals surface area contributed by atoms with Crippen molar-refractivity contribution in [3.63, 3.8) is 0 Å². The molecule has 2 atom stereocenters. The summed E-state index contributed by atoms with van der Waals surface area (Å²) in [5.74, 6) is 0.119. The van der Waals surface area contributed by atoms with Crippen LogP contribution in [0.1, 0.15) is 29.5 Å². The second kappa shape index (κ2) is 5.72. The molecule has 0 saturated heterocycles. The Bertz CT molecular complexity index is 875. The lowest BCUT2D eigenvalue weighted by Crippen LogP contribution is -2.37. The van der Waals surface area contributed by atoms with Gasteiger partial charge in [-0.25, -0.2) is 4.98 Å². The van der Waals surface area contributed by atoms with Crippen LogP contribution in [-0.4, -0.2) is 16.0 Å². The number of phenolic OH excluding ortho intramolecular Hbond substituents is 1. The molecule has 1 aliphatic rings. The molecule has 0 bridgehead atoms. The zero-order valence-electron chi connectivity index (χ0n) is 13.0. The van der Waals surface area contributed by atoms with E-state index in [1.54, 1.807) is 29.7 Å². The summed E-state index contributed by atoms with van der Waals surface area (Å²) in [4.78, 5) is 17.2. The minimum absolute atomic E-state index is 0.0376. The van der Waals surface area contributed by atoms with Gasteiger partial charge in [-0.2, -0.15) is 11.3 Å². The van der Waals surface area contributed by atoms with E-state index in [4.69, 9.17) is 0 Å². The number of benzene rings is 1. The lowest BCUT2D eigenvalue weighted by Gasteiger charge is -2.30. The normalized spacial score (nSPS) is 22.3. The van der Waals surface area contributed by atoms with Crippen molar-refractivity contribution in [2.75, 3.05) is 5.32 Å². The molecular formula is C18H16N2O2S2. The molecule has 0 aliphatic heterocycles. The van der Waals surface area contributed by atoms with Gasteiger partial charge in [0.1, 0.15) is 5.75 Å². The highest BCUT2D eigenvalue weighted by Gasteiger charge is 2.49. The van der Waals surface area contributed by atoms with Gasteiger partial charge < -0.3 is 10.4 Å². The highest BCUT2D eigenvalue weighted by molar-refractivity contribution is 7.13. The molecule has 4 rings (SSSR count). The van der Waals surface area contributed by atoms with Gasteiger partial charge in [0.2, 0.25) is 5.91 Å². The lowest BCUT2D eigenvalue weighted by atomic mass is 9.74. The zero-order chi connectivity index (χ0) is 16.7.